The van der Waals surface area contributed by atoms with Crippen molar-refractivity contribution in [2.45, 2.75) is 34.2 Å². The van der Waals surface area contributed by atoms with Crippen molar-refractivity contribution < 1.29 is 4.39 Å². The number of hydrogen-bond donors (Lipinski definition) is 1. The van der Waals surface area contributed by atoms with E-state index in [4.69, 9.17) is 0 Å². The maximum atomic E-state index is 12.8. The van der Waals surface area contributed by atoms with Crippen LogP contribution in [-0.2, 0) is 6.54 Å². The standard InChI is InChI=1S/C13H20FN/c1-10-7-12(14)6-5-11(10)8-15-9-13(2,3)4/h5-7,15H,8-9H2,1-4H3. The zero-order valence-corrected chi connectivity index (χ0v) is 10.0. The molecule has 1 aromatic carbocycles. The lowest BCUT2D eigenvalue weighted by molar-refractivity contribution is 0.379. The van der Waals surface area contributed by atoms with E-state index >= 15 is 0 Å². The summed E-state index contributed by atoms with van der Waals surface area (Å²) in [5.41, 5.74) is 2.46. The highest BCUT2D eigenvalue weighted by Crippen LogP contribution is 2.13. The molecule has 0 radical (unpaired) electrons. The lowest BCUT2D eigenvalue weighted by Crippen LogP contribution is -2.26. The summed E-state index contributed by atoms with van der Waals surface area (Å²) in [7, 11) is 0. The van der Waals surface area contributed by atoms with Gasteiger partial charge in [-0.1, -0.05) is 26.8 Å². The van der Waals surface area contributed by atoms with Gasteiger partial charge in [-0.15, -0.1) is 0 Å². The Morgan fingerprint density at radius 2 is 1.93 bits per heavy atom. The highest BCUT2D eigenvalue weighted by atomic mass is 19.1. The third-order valence-corrected chi connectivity index (χ3v) is 2.28. The van der Waals surface area contributed by atoms with Crippen molar-refractivity contribution in [3.05, 3.63) is 35.1 Å². The van der Waals surface area contributed by atoms with Gasteiger partial charge in [0.05, 0.1) is 0 Å². The van der Waals surface area contributed by atoms with Gasteiger partial charge in [0.15, 0.2) is 0 Å². The number of aryl methyl sites for hydroxylation is 1. The van der Waals surface area contributed by atoms with E-state index in [1.807, 2.05) is 13.0 Å². The molecule has 0 heterocycles. The summed E-state index contributed by atoms with van der Waals surface area (Å²) in [5.74, 6) is -0.160. The van der Waals surface area contributed by atoms with Crippen LogP contribution in [0.2, 0.25) is 0 Å². The molecule has 15 heavy (non-hydrogen) atoms. The average Bonchev–Trinajstić information content (AvgIpc) is 2.07. The average molecular weight is 209 g/mol. The minimum absolute atomic E-state index is 0.160. The van der Waals surface area contributed by atoms with Gasteiger partial charge in [-0.05, 0) is 35.6 Å². The van der Waals surface area contributed by atoms with Gasteiger partial charge in [-0.3, -0.25) is 0 Å². The van der Waals surface area contributed by atoms with E-state index in [1.165, 1.54) is 11.6 Å². The first-order valence-electron chi connectivity index (χ1n) is 5.34. The Morgan fingerprint density at radius 3 is 2.47 bits per heavy atom. The fraction of sp³-hybridized carbons (Fsp3) is 0.538. The number of hydrogen-bond acceptors (Lipinski definition) is 1. The molecule has 0 aliphatic rings. The summed E-state index contributed by atoms with van der Waals surface area (Å²) >= 11 is 0. The highest BCUT2D eigenvalue weighted by Gasteiger charge is 2.09. The zero-order valence-electron chi connectivity index (χ0n) is 10.0. The molecule has 0 spiro atoms. The smallest absolute Gasteiger partial charge is 0.123 e. The molecule has 0 saturated carbocycles. The van der Waals surface area contributed by atoms with Crippen molar-refractivity contribution in [3.63, 3.8) is 0 Å². The minimum atomic E-state index is -0.160. The maximum Gasteiger partial charge on any atom is 0.123 e. The second-order valence-electron chi connectivity index (χ2n) is 5.24. The molecule has 0 aliphatic carbocycles. The number of nitrogens with one attached hydrogen (secondary N) is 1. The molecular formula is C13H20FN. The second-order valence-corrected chi connectivity index (χ2v) is 5.24. The summed E-state index contributed by atoms with van der Waals surface area (Å²) in [5, 5.41) is 3.38. The molecular weight excluding hydrogens is 189 g/mol. The van der Waals surface area contributed by atoms with Crippen molar-refractivity contribution in [1.29, 1.82) is 0 Å². The van der Waals surface area contributed by atoms with Crippen LogP contribution in [0.5, 0.6) is 0 Å². The minimum Gasteiger partial charge on any atom is -0.312 e. The third kappa shape index (κ3) is 4.43. The van der Waals surface area contributed by atoms with E-state index in [1.54, 1.807) is 6.07 Å². The molecule has 1 nitrogen and oxygen atoms in total. The Kier molecular flexibility index (Phi) is 3.86. The summed E-state index contributed by atoms with van der Waals surface area (Å²) in [4.78, 5) is 0. The first-order valence-corrected chi connectivity index (χ1v) is 5.34. The molecule has 0 aliphatic heterocycles. The summed E-state index contributed by atoms with van der Waals surface area (Å²) < 4.78 is 12.8. The lowest BCUT2D eigenvalue weighted by Gasteiger charge is -2.19. The fourth-order valence-electron chi connectivity index (χ4n) is 1.43. The van der Waals surface area contributed by atoms with E-state index in [9.17, 15) is 4.39 Å². The topological polar surface area (TPSA) is 12.0 Å². The molecule has 0 atom stereocenters. The van der Waals surface area contributed by atoms with E-state index in [-0.39, 0.29) is 11.2 Å². The van der Waals surface area contributed by atoms with E-state index < -0.39 is 0 Å². The highest BCUT2D eigenvalue weighted by molar-refractivity contribution is 5.26. The predicted molar refractivity (Wildman–Crippen MR) is 62.3 cm³/mol. The molecule has 84 valence electrons. The quantitative estimate of drug-likeness (QED) is 0.805. The van der Waals surface area contributed by atoms with Crippen LogP contribution in [0.3, 0.4) is 0 Å². The molecule has 0 amide bonds. The Bertz CT molecular complexity index is 326. The Morgan fingerprint density at radius 1 is 1.27 bits per heavy atom. The van der Waals surface area contributed by atoms with Crippen molar-refractivity contribution >= 4 is 0 Å². The van der Waals surface area contributed by atoms with Crippen LogP contribution in [0.15, 0.2) is 18.2 Å². The number of rotatable bonds is 3. The fourth-order valence-corrected chi connectivity index (χ4v) is 1.43. The van der Waals surface area contributed by atoms with Crippen LogP contribution >= 0.6 is 0 Å². The SMILES string of the molecule is Cc1cc(F)ccc1CNCC(C)(C)C. The molecule has 1 aromatic rings. The molecule has 0 saturated heterocycles. The van der Waals surface area contributed by atoms with E-state index in [0.717, 1.165) is 18.7 Å². The largest absolute Gasteiger partial charge is 0.312 e. The van der Waals surface area contributed by atoms with Gasteiger partial charge in [-0.2, -0.15) is 0 Å². The lowest BCUT2D eigenvalue weighted by atomic mass is 9.97. The zero-order chi connectivity index (χ0) is 11.5. The third-order valence-electron chi connectivity index (χ3n) is 2.28. The van der Waals surface area contributed by atoms with Gasteiger partial charge in [-0.25, -0.2) is 4.39 Å². The molecule has 0 unspecified atom stereocenters. The Balaban J connectivity index is 2.51. The predicted octanol–water partition coefficient (Wildman–Crippen LogP) is 3.27. The molecule has 1 rings (SSSR count). The number of halogens is 1. The van der Waals surface area contributed by atoms with Crippen molar-refractivity contribution in [3.8, 4) is 0 Å². The maximum absolute atomic E-state index is 12.8. The van der Waals surface area contributed by atoms with Crippen LogP contribution in [-0.4, -0.2) is 6.54 Å². The van der Waals surface area contributed by atoms with E-state index in [2.05, 4.69) is 26.1 Å². The number of benzene rings is 1. The van der Waals surface area contributed by atoms with Crippen molar-refractivity contribution in [2.75, 3.05) is 6.54 Å². The van der Waals surface area contributed by atoms with Crippen molar-refractivity contribution in [2.24, 2.45) is 5.41 Å². The van der Waals surface area contributed by atoms with Crippen LogP contribution in [0.25, 0.3) is 0 Å². The van der Waals surface area contributed by atoms with Gasteiger partial charge in [0.25, 0.3) is 0 Å². The summed E-state index contributed by atoms with van der Waals surface area (Å²) in [6, 6.07) is 4.94. The first-order chi connectivity index (χ1) is 6.88. The second kappa shape index (κ2) is 4.75. The molecule has 2 heteroatoms. The normalized spacial score (nSPS) is 11.8. The first kappa shape index (κ1) is 12.2. The van der Waals surface area contributed by atoms with Crippen molar-refractivity contribution in [1.82, 2.24) is 5.32 Å². The monoisotopic (exact) mass is 209 g/mol. The van der Waals surface area contributed by atoms with E-state index in [0.29, 0.717) is 0 Å². The van der Waals surface area contributed by atoms with Gasteiger partial charge >= 0.3 is 0 Å². The van der Waals surface area contributed by atoms with Crippen LogP contribution < -0.4 is 5.32 Å². The van der Waals surface area contributed by atoms with Crippen LogP contribution in [0, 0.1) is 18.2 Å². The Hall–Kier alpha value is -0.890. The molecule has 0 fully saturated rings. The van der Waals surface area contributed by atoms with Gasteiger partial charge in [0.2, 0.25) is 0 Å². The summed E-state index contributed by atoms with van der Waals surface area (Å²) in [6.07, 6.45) is 0. The van der Waals surface area contributed by atoms with Crippen LogP contribution in [0.4, 0.5) is 4.39 Å². The van der Waals surface area contributed by atoms with Gasteiger partial charge in [0, 0.05) is 13.1 Å². The molecule has 1 N–H and O–H groups in total. The van der Waals surface area contributed by atoms with Crippen LogP contribution in [0.1, 0.15) is 31.9 Å². The Labute approximate surface area is 91.7 Å². The molecule has 0 aromatic heterocycles. The van der Waals surface area contributed by atoms with Gasteiger partial charge < -0.3 is 5.32 Å². The van der Waals surface area contributed by atoms with Gasteiger partial charge in [0.1, 0.15) is 5.82 Å². The summed E-state index contributed by atoms with van der Waals surface area (Å²) in [6.45, 7) is 10.3. The molecule has 0 bridgehead atoms.